The van der Waals surface area contributed by atoms with Gasteiger partial charge in [0.15, 0.2) is 0 Å². The summed E-state index contributed by atoms with van der Waals surface area (Å²) in [5.74, 6) is 2.06. The van der Waals surface area contributed by atoms with E-state index in [9.17, 15) is 0 Å². The molecule has 6 heteroatoms. The molecule has 0 amide bonds. The molecule has 0 bridgehead atoms. The number of allylic oxidation sites excluding steroid dienone is 1. The third kappa shape index (κ3) is 9.32. The Kier molecular flexibility index (Phi) is 12.8. The largest absolute Gasteiger partial charge is 0.509 e. The smallest absolute Gasteiger partial charge is 0.135 e. The zero-order chi connectivity index (χ0) is 47.7. The molecule has 1 aliphatic heterocycles. The molecule has 8 aromatic rings. The summed E-state index contributed by atoms with van der Waals surface area (Å²) < 4.78 is 9.17. The molecule has 6 aromatic carbocycles. The molecule has 0 fully saturated rings. The van der Waals surface area contributed by atoms with Crippen LogP contribution in [-0.4, -0.2) is 9.55 Å². The number of hydrogen-bond donors (Lipinski definition) is 0. The van der Waals surface area contributed by atoms with Crippen molar-refractivity contribution in [2.75, 3.05) is 9.80 Å². The van der Waals surface area contributed by atoms with Crippen LogP contribution >= 0.6 is 0 Å². The molecule has 0 saturated heterocycles. The first-order valence-electron chi connectivity index (χ1n) is 23.7. The summed E-state index contributed by atoms with van der Waals surface area (Å²) in [6.45, 7) is 31.9. The van der Waals surface area contributed by atoms with Crippen molar-refractivity contribution in [1.82, 2.24) is 9.55 Å². The van der Waals surface area contributed by atoms with Gasteiger partial charge >= 0.3 is 0 Å². The van der Waals surface area contributed by atoms with Crippen molar-refractivity contribution in [1.29, 1.82) is 0 Å². The van der Waals surface area contributed by atoms with Gasteiger partial charge in [0.2, 0.25) is 0 Å². The number of aromatic nitrogens is 2. The standard InChI is InChI=1S/C62H65N4O.Pt/c1-58(2,3)45-32-46(59(4,5)6)34-48(33-45)64-40-56(62(12,13)43-24-18-15-19-25-43)65(41-64)49-35-47(60(7,8)9)36-51(38-49)67-50-28-29-53-52-26-20-21-27-54(52)66(55(53)39-50)57-37-44(30-31-63-57)61(10,11)42-22-16-14-17-23-42;/h14-37,40-41H,1-13H3;/q-3;. The summed E-state index contributed by atoms with van der Waals surface area (Å²) in [5.41, 5.74) is 11.7. The maximum atomic E-state index is 6.95. The number of benzene rings is 6. The van der Waals surface area contributed by atoms with Crippen molar-refractivity contribution in [3.05, 3.63) is 210 Å². The van der Waals surface area contributed by atoms with E-state index in [4.69, 9.17) is 9.72 Å². The van der Waals surface area contributed by atoms with Crippen LogP contribution in [0.15, 0.2) is 158 Å². The van der Waals surface area contributed by atoms with Gasteiger partial charge in [-0.05, 0) is 86.0 Å². The van der Waals surface area contributed by atoms with Crippen LogP contribution in [0.4, 0.5) is 11.4 Å². The first-order valence-corrected chi connectivity index (χ1v) is 23.7. The molecule has 0 atom stereocenters. The van der Waals surface area contributed by atoms with Crippen LogP contribution in [0.25, 0.3) is 27.6 Å². The molecule has 0 radical (unpaired) electrons. The topological polar surface area (TPSA) is 33.5 Å². The van der Waals surface area contributed by atoms with Crippen LogP contribution in [0.2, 0.25) is 0 Å². The fourth-order valence-corrected chi connectivity index (χ4v) is 9.23. The summed E-state index contributed by atoms with van der Waals surface area (Å²) in [6.07, 6.45) is 4.23. The average molecular weight is 1080 g/mol. The quantitative estimate of drug-likeness (QED) is 0.135. The molecule has 352 valence electrons. The Bertz CT molecular complexity index is 3110. The number of nitrogens with zero attached hydrogens (tertiary/aromatic N) is 4. The number of ether oxygens (including phenoxy) is 1. The number of para-hydroxylation sites is 1. The predicted molar refractivity (Wildman–Crippen MR) is 281 cm³/mol. The van der Waals surface area contributed by atoms with Gasteiger partial charge in [-0.2, -0.15) is 6.07 Å². The van der Waals surface area contributed by atoms with E-state index >= 15 is 0 Å². The van der Waals surface area contributed by atoms with Crippen molar-refractivity contribution in [3.63, 3.8) is 0 Å². The van der Waals surface area contributed by atoms with E-state index in [1.165, 1.54) is 27.8 Å². The first kappa shape index (κ1) is 48.6. The molecule has 3 heterocycles. The average Bonchev–Trinajstić information content (AvgIpc) is 3.90. The molecule has 0 N–H and O–H groups in total. The fraction of sp³-hybridized carbons (Fsp3) is 0.290. The number of hydrogen-bond acceptors (Lipinski definition) is 4. The van der Waals surface area contributed by atoms with Crippen molar-refractivity contribution in [3.8, 4) is 17.3 Å². The molecule has 2 aromatic heterocycles. The van der Waals surface area contributed by atoms with Crippen LogP contribution in [-0.2, 0) is 48.1 Å². The van der Waals surface area contributed by atoms with Crippen molar-refractivity contribution < 1.29 is 25.8 Å². The Balaban J connectivity index is 0.00000625. The molecule has 0 aliphatic carbocycles. The van der Waals surface area contributed by atoms with E-state index in [0.29, 0.717) is 11.5 Å². The molecule has 0 unspecified atom stereocenters. The van der Waals surface area contributed by atoms with Gasteiger partial charge in [-0.3, -0.25) is 0 Å². The van der Waals surface area contributed by atoms with Crippen molar-refractivity contribution >= 4 is 33.2 Å². The van der Waals surface area contributed by atoms with Crippen LogP contribution in [0.1, 0.15) is 123 Å². The Morgan fingerprint density at radius 1 is 0.500 bits per heavy atom. The molecular formula is C62H65N4OPt-3. The van der Waals surface area contributed by atoms with Gasteiger partial charge in [-0.1, -0.05) is 180 Å². The second-order valence-corrected chi connectivity index (χ2v) is 22.5. The van der Waals surface area contributed by atoms with Crippen molar-refractivity contribution in [2.24, 2.45) is 0 Å². The third-order valence-electron chi connectivity index (χ3n) is 13.8. The molecule has 0 spiro atoms. The Morgan fingerprint density at radius 2 is 1.07 bits per heavy atom. The van der Waals surface area contributed by atoms with Gasteiger partial charge in [-0.25, -0.2) is 4.98 Å². The molecule has 0 saturated carbocycles. The summed E-state index contributed by atoms with van der Waals surface area (Å²) in [7, 11) is 0. The second-order valence-electron chi connectivity index (χ2n) is 22.5. The summed E-state index contributed by atoms with van der Waals surface area (Å²) >= 11 is 0. The van der Waals surface area contributed by atoms with Gasteiger partial charge in [0, 0.05) is 66.5 Å². The zero-order valence-electron chi connectivity index (χ0n) is 42.0. The number of pyridine rings is 1. The Hall–Kier alpha value is -5.90. The minimum Gasteiger partial charge on any atom is -0.509 e. The maximum Gasteiger partial charge on any atom is 0.135 e. The number of rotatable bonds is 9. The van der Waals surface area contributed by atoms with Crippen molar-refractivity contribution in [2.45, 2.75) is 117 Å². The van der Waals surface area contributed by atoms with Gasteiger partial charge in [0.1, 0.15) is 5.82 Å². The Morgan fingerprint density at radius 3 is 1.69 bits per heavy atom. The number of anilines is 2. The van der Waals surface area contributed by atoms with Gasteiger partial charge in [-0.15, -0.1) is 53.6 Å². The molecule has 5 nitrogen and oxygen atoms in total. The molecular weight excluding hydrogens is 1010 g/mol. The van der Waals surface area contributed by atoms with Gasteiger partial charge in [0.05, 0.1) is 0 Å². The van der Waals surface area contributed by atoms with E-state index in [-0.39, 0.29) is 48.1 Å². The van der Waals surface area contributed by atoms with Crippen LogP contribution in [0, 0.1) is 18.8 Å². The normalized spacial score (nSPS) is 13.8. The minimum atomic E-state index is -0.374. The van der Waals surface area contributed by atoms with E-state index in [2.05, 4.69) is 263 Å². The Labute approximate surface area is 420 Å². The summed E-state index contributed by atoms with van der Waals surface area (Å²) in [4.78, 5) is 9.60. The van der Waals surface area contributed by atoms with E-state index in [1.54, 1.807) is 0 Å². The fourth-order valence-electron chi connectivity index (χ4n) is 9.23. The van der Waals surface area contributed by atoms with E-state index in [0.717, 1.165) is 50.3 Å². The minimum absolute atomic E-state index is 0. The first-order chi connectivity index (χ1) is 31.6. The van der Waals surface area contributed by atoms with E-state index < -0.39 is 0 Å². The second kappa shape index (κ2) is 17.9. The predicted octanol–water partition coefficient (Wildman–Crippen LogP) is 16.1. The zero-order valence-corrected chi connectivity index (χ0v) is 44.3. The summed E-state index contributed by atoms with van der Waals surface area (Å²) in [6, 6.07) is 57.5. The van der Waals surface area contributed by atoms with Crippen LogP contribution in [0.5, 0.6) is 11.5 Å². The monoisotopic (exact) mass is 1080 g/mol. The number of fused-ring (bicyclic) bond motifs is 3. The third-order valence-corrected chi connectivity index (χ3v) is 13.8. The SMILES string of the molecule is CC(C)(C)c1cc(Oc2[c-]c3c(cc2)c2ccccc2n3-c2cc(C(C)(C)c3ccccc3)ccn2)[c-]c(N2[CH-]N(c3cc(C(C)(C)C)cc(C(C)(C)C)c3)C=C2C(C)(C)c2ccccc2)c1.[Pt]. The van der Waals surface area contributed by atoms with E-state index in [1.807, 2.05) is 12.3 Å². The van der Waals surface area contributed by atoms with Gasteiger partial charge < -0.3 is 19.1 Å². The van der Waals surface area contributed by atoms with Crippen LogP contribution < -0.4 is 14.5 Å². The molecule has 68 heavy (non-hydrogen) atoms. The summed E-state index contributed by atoms with van der Waals surface area (Å²) in [5, 5.41) is 2.22. The van der Waals surface area contributed by atoms with Crippen LogP contribution in [0.3, 0.4) is 0 Å². The molecule has 9 rings (SSSR count). The molecule has 1 aliphatic rings. The van der Waals surface area contributed by atoms with Gasteiger partial charge in [0.25, 0.3) is 0 Å². The maximum absolute atomic E-state index is 6.95.